The van der Waals surface area contributed by atoms with Gasteiger partial charge in [-0.3, -0.25) is 14.7 Å². The number of anilines is 1. The lowest BCUT2D eigenvalue weighted by molar-refractivity contribution is -0.116. The average Bonchev–Trinajstić information content (AvgIpc) is 3.35. The molecule has 0 atom stereocenters. The summed E-state index contributed by atoms with van der Waals surface area (Å²) in [5.41, 5.74) is 3.83. The van der Waals surface area contributed by atoms with Gasteiger partial charge >= 0.3 is 0 Å². The molecule has 164 valence electrons. The van der Waals surface area contributed by atoms with Crippen molar-refractivity contribution in [3.8, 4) is 16.4 Å². The van der Waals surface area contributed by atoms with Crippen LogP contribution in [0.2, 0.25) is 5.02 Å². The molecule has 0 fully saturated rings. The van der Waals surface area contributed by atoms with Gasteiger partial charge in [-0.05, 0) is 62.2 Å². The lowest BCUT2D eigenvalue weighted by Crippen LogP contribution is -2.19. The maximum atomic E-state index is 13.2. The Bertz CT molecular complexity index is 1340. The number of benzene rings is 2. The number of thiazole rings is 1. The summed E-state index contributed by atoms with van der Waals surface area (Å²) in [7, 11) is 0. The van der Waals surface area contributed by atoms with E-state index in [0.29, 0.717) is 32.8 Å². The molecule has 0 aliphatic heterocycles. The molecule has 4 aromatic rings. The van der Waals surface area contributed by atoms with E-state index in [2.05, 4.69) is 15.4 Å². The third kappa shape index (κ3) is 4.51. The van der Waals surface area contributed by atoms with E-state index in [1.54, 1.807) is 37.3 Å². The number of hydrogen-bond acceptors (Lipinski definition) is 4. The molecule has 2 N–H and O–H groups in total. The third-order valence-electron chi connectivity index (χ3n) is 5.16. The van der Waals surface area contributed by atoms with E-state index in [-0.39, 0.29) is 30.1 Å². The van der Waals surface area contributed by atoms with Crippen molar-refractivity contribution in [3.63, 3.8) is 0 Å². The summed E-state index contributed by atoms with van der Waals surface area (Å²) in [4.78, 5) is 29.9. The predicted molar refractivity (Wildman–Crippen MR) is 125 cm³/mol. The van der Waals surface area contributed by atoms with Crippen molar-refractivity contribution in [2.75, 3.05) is 5.32 Å². The van der Waals surface area contributed by atoms with Gasteiger partial charge in [-0.2, -0.15) is 4.68 Å². The number of amides is 1. The zero-order valence-electron chi connectivity index (χ0n) is 17.4. The number of rotatable bonds is 6. The first kappa shape index (κ1) is 22.0. The van der Waals surface area contributed by atoms with Gasteiger partial charge in [0.25, 0.3) is 5.56 Å². The summed E-state index contributed by atoms with van der Waals surface area (Å²) in [6, 6.07) is 11.3. The maximum absolute atomic E-state index is 13.2. The van der Waals surface area contributed by atoms with Crippen molar-refractivity contribution in [2.24, 2.45) is 0 Å². The first-order chi connectivity index (χ1) is 15.3. The van der Waals surface area contributed by atoms with E-state index >= 15 is 0 Å². The van der Waals surface area contributed by atoms with Crippen LogP contribution in [0.4, 0.5) is 10.1 Å². The predicted octanol–water partition coefficient (Wildman–Crippen LogP) is 5.27. The molecule has 0 radical (unpaired) electrons. The van der Waals surface area contributed by atoms with Gasteiger partial charge in [-0.25, -0.2) is 9.37 Å². The lowest BCUT2D eigenvalue weighted by atomic mass is 10.1. The van der Waals surface area contributed by atoms with Crippen LogP contribution in [0.3, 0.4) is 0 Å². The average molecular weight is 471 g/mol. The van der Waals surface area contributed by atoms with E-state index in [0.717, 1.165) is 11.1 Å². The van der Waals surface area contributed by atoms with E-state index in [4.69, 9.17) is 11.6 Å². The topological polar surface area (TPSA) is 79.8 Å². The van der Waals surface area contributed by atoms with Gasteiger partial charge in [0.15, 0.2) is 0 Å². The summed E-state index contributed by atoms with van der Waals surface area (Å²) in [6.07, 6.45) is 0.439. The molecular weight excluding hydrogens is 451 g/mol. The number of hydrogen-bond donors (Lipinski definition) is 2. The number of halogens is 2. The van der Waals surface area contributed by atoms with E-state index in [1.165, 1.54) is 28.2 Å². The number of H-pyrrole nitrogens is 1. The van der Waals surface area contributed by atoms with Crippen molar-refractivity contribution >= 4 is 34.5 Å². The number of aromatic nitrogens is 3. The number of nitrogens with zero attached hydrogens (tertiary/aromatic N) is 2. The quantitative estimate of drug-likeness (QED) is 0.403. The second-order valence-electron chi connectivity index (χ2n) is 7.34. The summed E-state index contributed by atoms with van der Waals surface area (Å²) in [5, 5.41) is 8.75. The summed E-state index contributed by atoms with van der Waals surface area (Å²) >= 11 is 7.40. The van der Waals surface area contributed by atoms with Crippen LogP contribution in [0.1, 0.15) is 23.2 Å². The number of aryl methyl sites for hydroxylation is 1. The molecule has 4 rings (SSSR count). The monoisotopic (exact) mass is 470 g/mol. The molecule has 0 bridgehead atoms. The fourth-order valence-corrected chi connectivity index (χ4v) is 4.29. The molecule has 0 unspecified atom stereocenters. The van der Waals surface area contributed by atoms with Crippen LogP contribution in [-0.4, -0.2) is 20.7 Å². The molecule has 2 heterocycles. The van der Waals surface area contributed by atoms with Crippen molar-refractivity contribution < 1.29 is 9.18 Å². The van der Waals surface area contributed by atoms with Gasteiger partial charge in [-0.15, -0.1) is 11.3 Å². The summed E-state index contributed by atoms with van der Waals surface area (Å²) in [5.74, 6) is -0.519. The van der Waals surface area contributed by atoms with Gasteiger partial charge in [0.2, 0.25) is 11.0 Å². The standard InChI is InChI=1S/C23H20ClFN4O2S/c1-13-18(24)4-3-5-19(13)26-21(30)11-10-17-14(2)28-29(22(17)31)23-27-20(12-32-23)15-6-8-16(25)9-7-15/h3-9,12,28H,10-11H2,1-2H3,(H,26,30). The number of carbonyl (C=O) groups excluding carboxylic acids is 1. The van der Waals surface area contributed by atoms with Gasteiger partial charge < -0.3 is 5.32 Å². The highest BCUT2D eigenvalue weighted by Gasteiger charge is 2.17. The number of aromatic amines is 1. The van der Waals surface area contributed by atoms with Crippen LogP contribution < -0.4 is 10.9 Å². The minimum Gasteiger partial charge on any atom is -0.326 e. The zero-order valence-corrected chi connectivity index (χ0v) is 19.0. The first-order valence-corrected chi connectivity index (χ1v) is 11.2. The molecular formula is C23H20ClFN4O2S. The largest absolute Gasteiger partial charge is 0.326 e. The normalized spacial score (nSPS) is 11.0. The molecule has 2 aromatic heterocycles. The fraction of sp³-hybridized carbons (Fsp3) is 0.174. The Morgan fingerprint density at radius 2 is 1.97 bits per heavy atom. The zero-order chi connectivity index (χ0) is 22.8. The highest BCUT2D eigenvalue weighted by atomic mass is 35.5. The minimum absolute atomic E-state index is 0.151. The van der Waals surface area contributed by atoms with Crippen LogP contribution in [0, 0.1) is 19.7 Å². The highest BCUT2D eigenvalue weighted by molar-refractivity contribution is 7.12. The Morgan fingerprint density at radius 1 is 1.22 bits per heavy atom. The lowest BCUT2D eigenvalue weighted by Gasteiger charge is -2.09. The molecule has 32 heavy (non-hydrogen) atoms. The van der Waals surface area contributed by atoms with Crippen LogP contribution >= 0.6 is 22.9 Å². The SMILES string of the molecule is Cc1[nH]n(-c2nc(-c3ccc(F)cc3)cs2)c(=O)c1CCC(=O)Nc1cccc(Cl)c1C. The van der Waals surface area contributed by atoms with E-state index < -0.39 is 0 Å². The van der Waals surface area contributed by atoms with Gasteiger partial charge in [0, 0.05) is 39.3 Å². The minimum atomic E-state index is -0.320. The van der Waals surface area contributed by atoms with Crippen molar-refractivity contribution in [3.05, 3.63) is 85.9 Å². The summed E-state index contributed by atoms with van der Waals surface area (Å²) in [6.45, 7) is 3.63. The van der Waals surface area contributed by atoms with Gasteiger partial charge in [-0.1, -0.05) is 17.7 Å². The Hall–Kier alpha value is -3.23. The second-order valence-corrected chi connectivity index (χ2v) is 8.58. The van der Waals surface area contributed by atoms with E-state index in [1.807, 2.05) is 12.3 Å². The molecule has 9 heteroatoms. The molecule has 2 aromatic carbocycles. The molecule has 0 saturated heterocycles. The van der Waals surface area contributed by atoms with Crippen LogP contribution in [-0.2, 0) is 11.2 Å². The Balaban J connectivity index is 1.49. The van der Waals surface area contributed by atoms with Crippen LogP contribution in [0.5, 0.6) is 0 Å². The molecule has 0 saturated carbocycles. The molecule has 0 spiro atoms. The Kier molecular flexibility index (Phi) is 6.25. The van der Waals surface area contributed by atoms with Crippen molar-refractivity contribution in [1.82, 2.24) is 14.8 Å². The highest BCUT2D eigenvalue weighted by Crippen LogP contribution is 2.25. The molecule has 0 aliphatic rings. The van der Waals surface area contributed by atoms with Crippen LogP contribution in [0.15, 0.2) is 52.6 Å². The molecule has 1 amide bonds. The second kappa shape index (κ2) is 9.10. The Labute approximate surface area is 192 Å². The molecule has 0 aliphatic carbocycles. The van der Waals surface area contributed by atoms with Gasteiger partial charge in [0.05, 0.1) is 5.69 Å². The molecule has 6 nitrogen and oxygen atoms in total. The number of carbonyl (C=O) groups is 1. The van der Waals surface area contributed by atoms with Crippen LogP contribution in [0.25, 0.3) is 16.4 Å². The van der Waals surface area contributed by atoms with Gasteiger partial charge in [0.1, 0.15) is 5.82 Å². The van der Waals surface area contributed by atoms with Crippen molar-refractivity contribution in [1.29, 1.82) is 0 Å². The van der Waals surface area contributed by atoms with E-state index in [9.17, 15) is 14.0 Å². The third-order valence-corrected chi connectivity index (χ3v) is 6.40. The maximum Gasteiger partial charge on any atom is 0.276 e. The first-order valence-electron chi connectivity index (χ1n) is 9.91. The fourth-order valence-electron chi connectivity index (χ4n) is 3.32. The smallest absolute Gasteiger partial charge is 0.276 e. The van der Waals surface area contributed by atoms with Crippen molar-refractivity contribution in [2.45, 2.75) is 26.7 Å². The summed E-state index contributed by atoms with van der Waals surface area (Å²) < 4.78 is 14.5. The number of nitrogens with one attached hydrogen (secondary N) is 2. The Morgan fingerprint density at radius 3 is 2.72 bits per heavy atom.